The van der Waals surface area contributed by atoms with Crippen LogP contribution in [0.2, 0.25) is 0 Å². The summed E-state index contributed by atoms with van der Waals surface area (Å²) in [4.78, 5) is 32.1. The van der Waals surface area contributed by atoms with E-state index in [1.54, 1.807) is 17.3 Å². The topological polar surface area (TPSA) is 89.5 Å². The number of urea groups is 1. The first kappa shape index (κ1) is 18.4. The molecule has 4 heterocycles. The molecule has 0 aromatic carbocycles. The van der Waals surface area contributed by atoms with Crippen LogP contribution in [0.15, 0.2) is 30.7 Å². The standard InChI is InChI=1S/C19H26N8O/c1-25(2)14-6-11-26(13-14)17-5-4-15-18(24-17)27(10-3-7-21-15)19(28)23-16-12-20-8-9-22-16/h4-5,8-9,12,14,21H,3,6-7,10-11,13H2,1-2H3,(H,22,23,28)/t14-/m0/s1. The van der Waals surface area contributed by atoms with Crippen LogP contribution in [0.4, 0.5) is 27.9 Å². The second-order valence-electron chi connectivity index (χ2n) is 7.35. The molecule has 2 aliphatic heterocycles. The van der Waals surface area contributed by atoms with Crippen molar-refractivity contribution < 1.29 is 4.79 Å². The van der Waals surface area contributed by atoms with E-state index in [0.29, 0.717) is 24.2 Å². The fraction of sp³-hybridized carbons (Fsp3) is 0.474. The number of rotatable bonds is 3. The maximum Gasteiger partial charge on any atom is 0.328 e. The lowest BCUT2D eigenvalue weighted by atomic mass is 10.2. The molecule has 0 unspecified atom stereocenters. The maximum absolute atomic E-state index is 12.9. The van der Waals surface area contributed by atoms with Gasteiger partial charge in [-0.1, -0.05) is 0 Å². The molecule has 1 fully saturated rings. The van der Waals surface area contributed by atoms with Crippen LogP contribution in [0.25, 0.3) is 0 Å². The summed E-state index contributed by atoms with van der Waals surface area (Å²) in [5, 5.41) is 6.20. The Labute approximate surface area is 164 Å². The minimum absolute atomic E-state index is 0.248. The molecular weight excluding hydrogens is 356 g/mol. The van der Waals surface area contributed by atoms with Crippen molar-refractivity contribution in [1.82, 2.24) is 19.9 Å². The van der Waals surface area contributed by atoms with E-state index >= 15 is 0 Å². The van der Waals surface area contributed by atoms with Crippen LogP contribution < -0.4 is 20.4 Å². The van der Waals surface area contributed by atoms with E-state index < -0.39 is 0 Å². The van der Waals surface area contributed by atoms with Crippen LogP contribution in [-0.2, 0) is 0 Å². The van der Waals surface area contributed by atoms with E-state index in [4.69, 9.17) is 4.98 Å². The van der Waals surface area contributed by atoms with Gasteiger partial charge in [0.15, 0.2) is 11.6 Å². The van der Waals surface area contributed by atoms with Crippen LogP contribution >= 0.6 is 0 Å². The van der Waals surface area contributed by atoms with Crippen molar-refractivity contribution in [2.75, 3.05) is 60.7 Å². The Kier molecular flexibility index (Phi) is 5.25. The van der Waals surface area contributed by atoms with Gasteiger partial charge in [0.25, 0.3) is 0 Å². The zero-order valence-electron chi connectivity index (χ0n) is 16.3. The summed E-state index contributed by atoms with van der Waals surface area (Å²) in [5.41, 5.74) is 0.874. The minimum atomic E-state index is -0.248. The molecule has 4 rings (SSSR count). The molecule has 1 atom stereocenters. The van der Waals surface area contributed by atoms with Gasteiger partial charge >= 0.3 is 6.03 Å². The largest absolute Gasteiger partial charge is 0.382 e. The molecule has 0 saturated carbocycles. The highest BCUT2D eigenvalue weighted by atomic mass is 16.2. The van der Waals surface area contributed by atoms with Gasteiger partial charge < -0.3 is 15.1 Å². The normalized spacial score (nSPS) is 19.2. The van der Waals surface area contributed by atoms with Gasteiger partial charge in [0.05, 0.1) is 11.9 Å². The second kappa shape index (κ2) is 7.97. The number of anilines is 4. The monoisotopic (exact) mass is 382 g/mol. The van der Waals surface area contributed by atoms with Crippen LogP contribution in [0.1, 0.15) is 12.8 Å². The molecule has 28 heavy (non-hydrogen) atoms. The van der Waals surface area contributed by atoms with Crippen molar-refractivity contribution in [3.63, 3.8) is 0 Å². The molecular formula is C19H26N8O. The van der Waals surface area contributed by atoms with Crippen molar-refractivity contribution in [2.24, 2.45) is 0 Å². The van der Waals surface area contributed by atoms with Gasteiger partial charge in [-0.25, -0.2) is 14.8 Å². The molecule has 0 radical (unpaired) electrons. The molecule has 2 aliphatic rings. The lowest BCUT2D eigenvalue weighted by Crippen LogP contribution is -2.37. The maximum atomic E-state index is 12.9. The summed E-state index contributed by atoms with van der Waals surface area (Å²) in [6.07, 6.45) is 6.61. The lowest BCUT2D eigenvalue weighted by molar-refractivity contribution is 0.256. The average Bonchev–Trinajstić information content (AvgIpc) is 3.10. The number of amides is 2. The zero-order chi connectivity index (χ0) is 19.5. The summed E-state index contributed by atoms with van der Waals surface area (Å²) < 4.78 is 0. The van der Waals surface area contributed by atoms with Crippen LogP contribution in [0.5, 0.6) is 0 Å². The third-order valence-electron chi connectivity index (χ3n) is 5.25. The van der Waals surface area contributed by atoms with E-state index in [0.717, 1.165) is 44.0 Å². The molecule has 2 aromatic heterocycles. The molecule has 2 N–H and O–H groups in total. The highest BCUT2D eigenvalue weighted by molar-refractivity contribution is 6.02. The molecule has 0 spiro atoms. The van der Waals surface area contributed by atoms with Crippen LogP contribution in [-0.4, -0.2) is 72.2 Å². The molecule has 0 bridgehead atoms. The molecule has 9 heteroatoms. The average molecular weight is 382 g/mol. The molecule has 2 amide bonds. The Morgan fingerprint density at radius 2 is 2.18 bits per heavy atom. The van der Waals surface area contributed by atoms with E-state index in [1.807, 2.05) is 12.1 Å². The van der Waals surface area contributed by atoms with Crippen molar-refractivity contribution in [3.05, 3.63) is 30.7 Å². The smallest absolute Gasteiger partial charge is 0.328 e. The van der Waals surface area contributed by atoms with Gasteiger partial charge in [-0.2, -0.15) is 0 Å². The first-order valence-electron chi connectivity index (χ1n) is 9.62. The highest BCUT2D eigenvalue weighted by Crippen LogP contribution is 2.31. The third-order valence-corrected chi connectivity index (χ3v) is 5.25. The Bertz CT molecular complexity index is 828. The zero-order valence-corrected chi connectivity index (χ0v) is 16.3. The number of pyridine rings is 1. The van der Waals surface area contributed by atoms with Crippen molar-refractivity contribution in [2.45, 2.75) is 18.9 Å². The van der Waals surface area contributed by atoms with Crippen molar-refractivity contribution in [1.29, 1.82) is 0 Å². The Hall–Kier alpha value is -2.94. The number of nitrogens with zero attached hydrogens (tertiary/aromatic N) is 6. The number of fused-ring (bicyclic) bond motifs is 1. The fourth-order valence-corrected chi connectivity index (χ4v) is 3.63. The van der Waals surface area contributed by atoms with Crippen LogP contribution in [0.3, 0.4) is 0 Å². The van der Waals surface area contributed by atoms with E-state index in [1.165, 1.54) is 6.20 Å². The van der Waals surface area contributed by atoms with E-state index in [9.17, 15) is 4.79 Å². The van der Waals surface area contributed by atoms with Gasteiger partial charge in [0.1, 0.15) is 5.82 Å². The van der Waals surface area contributed by atoms with Crippen LogP contribution in [0, 0.1) is 0 Å². The molecule has 0 aliphatic carbocycles. The summed E-state index contributed by atoms with van der Waals surface area (Å²) in [6, 6.07) is 4.33. The Morgan fingerprint density at radius 1 is 1.29 bits per heavy atom. The molecule has 1 saturated heterocycles. The number of hydrogen-bond acceptors (Lipinski definition) is 7. The summed E-state index contributed by atoms with van der Waals surface area (Å²) in [5.74, 6) is 1.99. The number of nitrogens with one attached hydrogen (secondary N) is 2. The summed E-state index contributed by atoms with van der Waals surface area (Å²) in [6.45, 7) is 3.30. The van der Waals surface area contributed by atoms with Gasteiger partial charge in [-0.05, 0) is 39.1 Å². The number of hydrogen-bond donors (Lipinski definition) is 2. The third kappa shape index (κ3) is 3.84. The number of carbonyl (C=O) groups excluding carboxylic acids is 1. The molecule has 148 valence electrons. The van der Waals surface area contributed by atoms with Gasteiger partial charge in [0, 0.05) is 44.6 Å². The Morgan fingerprint density at radius 3 is 2.93 bits per heavy atom. The Balaban J connectivity index is 1.58. The number of carbonyl (C=O) groups is 1. The summed E-state index contributed by atoms with van der Waals surface area (Å²) in [7, 11) is 4.22. The van der Waals surface area contributed by atoms with Crippen molar-refractivity contribution in [3.8, 4) is 0 Å². The van der Waals surface area contributed by atoms with Gasteiger partial charge in [0.2, 0.25) is 0 Å². The van der Waals surface area contributed by atoms with Crippen molar-refractivity contribution >= 4 is 29.2 Å². The SMILES string of the molecule is CN(C)[C@H]1CCN(c2ccc3c(n2)N(C(=O)Nc2cnccn2)CCCN3)C1. The highest BCUT2D eigenvalue weighted by Gasteiger charge is 2.28. The quantitative estimate of drug-likeness (QED) is 0.837. The minimum Gasteiger partial charge on any atom is -0.382 e. The first-order chi connectivity index (χ1) is 13.6. The predicted octanol–water partition coefficient (Wildman–Crippen LogP) is 1.87. The second-order valence-corrected chi connectivity index (χ2v) is 7.35. The fourth-order valence-electron chi connectivity index (χ4n) is 3.63. The lowest BCUT2D eigenvalue weighted by Gasteiger charge is -2.25. The number of aromatic nitrogens is 3. The molecule has 9 nitrogen and oxygen atoms in total. The summed E-state index contributed by atoms with van der Waals surface area (Å²) >= 11 is 0. The van der Waals surface area contributed by atoms with Gasteiger partial charge in [-0.3, -0.25) is 15.2 Å². The first-order valence-corrected chi connectivity index (χ1v) is 9.62. The van der Waals surface area contributed by atoms with E-state index in [-0.39, 0.29) is 6.03 Å². The van der Waals surface area contributed by atoms with E-state index in [2.05, 4.69) is 44.5 Å². The van der Waals surface area contributed by atoms with Gasteiger partial charge in [-0.15, -0.1) is 0 Å². The molecule has 2 aromatic rings. The number of likely N-dealkylation sites (N-methyl/N-ethyl adjacent to an activating group) is 1. The predicted molar refractivity (Wildman–Crippen MR) is 110 cm³/mol.